The zero-order valence-electron chi connectivity index (χ0n) is 8.55. The Labute approximate surface area is 89.7 Å². The van der Waals surface area contributed by atoms with Gasteiger partial charge in [-0.25, -0.2) is 8.42 Å². The summed E-state index contributed by atoms with van der Waals surface area (Å²) in [6, 6.07) is 6.49. The van der Waals surface area contributed by atoms with Gasteiger partial charge in [-0.2, -0.15) is 4.31 Å². The smallest absolute Gasteiger partial charge is 0.243 e. The van der Waals surface area contributed by atoms with Crippen LogP contribution in [0, 0.1) is 0 Å². The molecule has 1 aromatic rings. The van der Waals surface area contributed by atoms with Gasteiger partial charge in [0.25, 0.3) is 0 Å². The van der Waals surface area contributed by atoms with E-state index in [-0.39, 0.29) is 6.04 Å². The maximum absolute atomic E-state index is 12.0. The van der Waals surface area contributed by atoms with Crippen LogP contribution in [-0.2, 0) is 10.0 Å². The summed E-state index contributed by atoms with van der Waals surface area (Å²) in [4.78, 5) is 0.311. The van der Waals surface area contributed by atoms with E-state index < -0.39 is 10.0 Å². The van der Waals surface area contributed by atoms with E-state index in [0.717, 1.165) is 12.8 Å². The lowest BCUT2D eigenvalue weighted by Gasteiger charge is -2.16. The SMILES string of the molecule is CN(C1CC1)S(=O)(=O)c1ccc(N)cc1. The quantitative estimate of drug-likeness (QED) is 0.784. The zero-order chi connectivity index (χ0) is 11.1. The predicted molar refractivity (Wildman–Crippen MR) is 58.8 cm³/mol. The van der Waals surface area contributed by atoms with E-state index in [1.54, 1.807) is 31.3 Å². The molecule has 0 aromatic heterocycles. The first-order valence-corrected chi connectivity index (χ1v) is 6.29. The maximum Gasteiger partial charge on any atom is 0.243 e. The topological polar surface area (TPSA) is 63.4 Å². The third-order valence-electron chi connectivity index (χ3n) is 2.62. The van der Waals surface area contributed by atoms with Crippen LogP contribution < -0.4 is 5.73 Å². The second kappa shape index (κ2) is 3.50. The van der Waals surface area contributed by atoms with Crippen molar-refractivity contribution in [1.29, 1.82) is 0 Å². The van der Waals surface area contributed by atoms with Gasteiger partial charge in [0.1, 0.15) is 0 Å². The van der Waals surface area contributed by atoms with Crippen LogP contribution in [0.1, 0.15) is 12.8 Å². The summed E-state index contributed by atoms with van der Waals surface area (Å²) < 4.78 is 25.5. The number of hydrogen-bond acceptors (Lipinski definition) is 3. The highest BCUT2D eigenvalue weighted by Gasteiger charge is 2.34. The Balaban J connectivity index is 2.32. The van der Waals surface area contributed by atoms with E-state index in [0.29, 0.717) is 10.6 Å². The monoisotopic (exact) mass is 226 g/mol. The van der Waals surface area contributed by atoms with Crippen LogP contribution in [0.4, 0.5) is 5.69 Å². The van der Waals surface area contributed by atoms with E-state index in [2.05, 4.69) is 0 Å². The van der Waals surface area contributed by atoms with Crippen LogP contribution in [-0.4, -0.2) is 25.8 Å². The number of rotatable bonds is 3. The lowest BCUT2D eigenvalue weighted by Crippen LogP contribution is -2.28. The fourth-order valence-electron chi connectivity index (χ4n) is 1.44. The minimum absolute atomic E-state index is 0.188. The molecule has 0 aliphatic heterocycles. The molecule has 1 fully saturated rings. The average Bonchev–Trinajstić information content (AvgIpc) is 3.00. The summed E-state index contributed by atoms with van der Waals surface area (Å²) >= 11 is 0. The highest BCUT2D eigenvalue weighted by molar-refractivity contribution is 7.89. The number of nitrogens with two attached hydrogens (primary N) is 1. The molecule has 1 aromatic carbocycles. The lowest BCUT2D eigenvalue weighted by atomic mass is 10.3. The van der Waals surface area contributed by atoms with Gasteiger partial charge in [-0.3, -0.25) is 0 Å². The van der Waals surface area contributed by atoms with Crippen molar-refractivity contribution in [3.8, 4) is 0 Å². The standard InChI is InChI=1S/C10H14N2O2S/c1-12(9-4-5-9)15(13,14)10-6-2-8(11)3-7-10/h2-3,6-7,9H,4-5,11H2,1H3. The van der Waals surface area contributed by atoms with Crippen LogP contribution in [0.2, 0.25) is 0 Å². The number of nitrogen functional groups attached to an aromatic ring is 1. The van der Waals surface area contributed by atoms with Crippen LogP contribution in [0.25, 0.3) is 0 Å². The summed E-state index contributed by atoms with van der Waals surface area (Å²) in [5.74, 6) is 0. The van der Waals surface area contributed by atoms with Crippen LogP contribution in [0.3, 0.4) is 0 Å². The summed E-state index contributed by atoms with van der Waals surface area (Å²) in [5.41, 5.74) is 6.08. The molecule has 0 saturated heterocycles. The van der Waals surface area contributed by atoms with Crippen molar-refractivity contribution in [2.75, 3.05) is 12.8 Å². The van der Waals surface area contributed by atoms with Crippen molar-refractivity contribution in [3.63, 3.8) is 0 Å². The van der Waals surface area contributed by atoms with Gasteiger partial charge in [0.15, 0.2) is 0 Å². The van der Waals surface area contributed by atoms with Crippen molar-refractivity contribution < 1.29 is 8.42 Å². The van der Waals surface area contributed by atoms with Gasteiger partial charge >= 0.3 is 0 Å². The molecule has 1 aliphatic rings. The number of benzene rings is 1. The fourth-order valence-corrected chi connectivity index (χ4v) is 2.86. The van der Waals surface area contributed by atoms with Crippen LogP contribution in [0.15, 0.2) is 29.2 Å². The molecule has 0 radical (unpaired) electrons. The summed E-state index contributed by atoms with van der Waals surface area (Å²) in [7, 11) is -1.69. The Bertz CT molecular complexity index is 449. The van der Waals surface area contributed by atoms with Crippen LogP contribution >= 0.6 is 0 Å². The first-order valence-electron chi connectivity index (χ1n) is 4.85. The fraction of sp³-hybridized carbons (Fsp3) is 0.400. The van der Waals surface area contributed by atoms with Gasteiger partial charge in [-0.1, -0.05) is 0 Å². The molecular weight excluding hydrogens is 212 g/mol. The Hall–Kier alpha value is -1.07. The van der Waals surface area contributed by atoms with Crippen molar-refractivity contribution in [3.05, 3.63) is 24.3 Å². The van der Waals surface area contributed by atoms with E-state index in [4.69, 9.17) is 5.73 Å². The Morgan fingerprint density at radius 1 is 1.27 bits per heavy atom. The van der Waals surface area contributed by atoms with Crippen molar-refractivity contribution in [1.82, 2.24) is 4.31 Å². The largest absolute Gasteiger partial charge is 0.399 e. The van der Waals surface area contributed by atoms with Gasteiger partial charge in [0.2, 0.25) is 10.0 Å². The van der Waals surface area contributed by atoms with Gasteiger partial charge in [0.05, 0.1) is 4.90 Å². The van der Waals surface area contributed by atoms with Gasteiger partial charge < -0.3 is 5.73 Å². The molecule has 0 spiro atoms. The molecule has 15 heavy (non-hydrogen) atoms. The Morgan fingerprint density at radius 2 is 1.80 bits per heavy atom. The summed E-state index contributed by atoms with van der Waals surface area (Å²) in [5, 5.41) is 0. The number of hydrogen-bond donors (Lipinski definition) is 1. The van der Waals surface area contributed by atoms with Gasteiger partial charge in [0, 0.05) is 18.8 Å². The molecule has 0 atom stereocenters. The molecule has 1 aliphatic carbocycles. The van der Waals surface area contributed by atoms with Gasteiger partial charge in [-0.05, 0) is 37.1 Å². The number of sulfonamides is 1. The average molecular weight is 226 g/mol. The molecule has 0 heterocycles. The molecule has 82 valence electrons. The van der Waals surface area contributed by atoms with E-state index in [1.807, 2.05) is 0 Å². The molecule has 4 nitrogen and oxygen atoms in total. The van der Waals surface area contributed by atoms with E-state index in [9.17, 15) is 8.42 Å². The van der Waals surface area contributed by atoms with Crippen molar-refractivity contribution in [2.45, 2.75) is 23.8 Å². The Kier molecular flexibility index (Phi) is 2.44. The van der Waals surface area contributed by atoms with Crippen molar-refractivity contribution in [2.24, 2.45) is 0 Å². The van der Waals surface area contributed by atoms with Gasteiger partial charge in [-0.15, -0.1) is 0 Å². The minimum atomic E-state index is -3.31. The Morgan fingerprint density at radius 3 is 2.27 bits per heavy atom. The maximum atomic E-state index is 12.0. The number of nitrogens with zero attached hydrogens (tertiary/aromatic N) is 1. The minimum Gasteiger partial charge on any atom is -0.399 e. The zero-order valence-corrected chi connectivity index (χ0v) is 9.37. The lowest BCUT2D eigenvalue weighted by molar-refractivity contribution is 0.464. The first-order chi connectivity index (χ1) is 7.01. The summed E-state index contributed by atoms with van der Waals surface area (Å²) in [6.07, 6.45) is 1.93. The highest BCUT2D eigenvalue weighted by atomic mass is 32.2. The predicted octanol–water partition coefficient (Wildman–Crippen LogP) is 1.05. The molecular formula is C10H14N2O2S. The molecule has 5 heteroatoms. The second-order valence-electron chi connectivity index (χ2n) is 3.82. The highest BCUT2D eigenvalue weighted by Crippen LogP contribution is 2.30. The second-order valence-corrected chi connectivity index (χ2v) is 5.82. The molecule has 0 amide bonds. The molecule has 0 bridgehead atoms. The van der Waals surface area contributed by atoms with E-state index >= 15 is 0 Å². The van der Waals surface area contributed by atoms with E-state index in [1.165, 1.54) is 4.31 Å². The normalized spacial score (nSPS) is 16.9. The van der Waals surface area contributed by atoms with Crippen LogP contribution in [0.5, 0.6) is 0 Å². The molecule has 1 saturated carbocycles. The third kappa shape index (κ3) is 1.98. The van der Waals surface area contributed by atoms with Crippen molar-refractivity contribution >= 4 is 15.7 Å². The number of anilines is 1. The third-order valence-corrected chi connectivity index (χ3v) is 4.54. The summed E-state index contributed by atoms with van der Waals surface area (Å²) in [6.45, 7) is 0. The molecule has 0 unspecified atom stereocenters. The molecule has 2 N–H and O–H groups in total. The first kappa shape index (κ1) is 10.4. The molecule has 2 rings (SSSR count).